The number of rotatable bonds is 11. The van der Waals surface area contributed by atoms with Gasteiger partial charge in [-0.05, 0) is 31.0 Å². The molecule has 1 aromatic carbocycles. The van der Waals surface area contributed by atoms with Gasteiger partial charge in [0.05, 0.1) is 13.2 Å². The molecule has 0 fully saturated rings. The Hall–Kier alpha value is -1.77. The monoisotopic (exact) mass is 317 g/mol. The highest BCUT2D eigenvalue weighted by Crippen LogP contribution is 2.24. The van der Waals surface area contributed by atoms with Crippen LogP contribution < -0.4 is 4.74 Å². The second-order valence-corrected chi connectivity index (χ2v) is 5.95. The summed E-state index contributed by atoms with van der Waals surface area (Å²) in [6, 6.07) is 7.96. The third-order valence-electron chi connectivity index (χ3n) is 4.21. The second kappa shape index (κ2) is 10.9. The van der Waals surface area contributed by atoms with E-state index in [9.17, 15) is 4.79 Å². The molecule has 0 aliphatic heterocycles. The van der Waals surface area contributed by atoms with E-state index in [1.54, 1.807) is 13.2 Å². The normalized spacial score (nSPS) is 11.8. The van der Waals surface area contributed by atoms with Gasteiger partial charge in [-0.3, -0.25) is 4.79 Å². The molecule has 0 saturated carbocycles. The minimum atomic E-state index is 0.0436. The van der Waals surface area contributed by atoms with Gasteiger partial charge < -0.3 is 9.64 Å². The van der Waals surface area contributed by atoms with Gasteiger partial charge in [0, 0.05) is 13.0 Å². The summed E-state index contributed by atoms with van der Waals surface area (Å²) < 4.78 is 5.19. The fraction of sp³-hybridized carbons (Fsp3) is 0.550. The SMILES string of the molecule is C=CCN(C(=O)CCCCCCC)[C@H](C)c1ccc(OC)cc1. The molecule has 1 rings (SSSR count). The summed E-state index contributed by atoms with van der Waals surface area (Å²) in [6.07, 6.45) is 8.24. The Morgan fingerprint density at radius 2 is 1.87 bits per heavy atom. The number of ether oxygens (including phenoxy) is 1. The molecule has 0 saturated heterocycles. The van der Waals surface area contributed by atoms with Crippen LogP contribution in [-0.2, 0) is 4.79 Å². The van der Waals surface area contributed by atoms with Gasteiger partial charge in [0.25, 0.3) is 0 Å². The van der Waals surface area contributed by atoms with Crippen LogP contribution in [0, 0.1) is 0 Å². The summed E-state index contributed by atoms with van der Waals surface area (Å²) in [4.78, 5) is 14.5. The summed E-state index contributed by atoms with van der Waals surface area (Å²) in [7, 11) is 1.66. The number of methoxy groups -OCH3 is 1. The molecule has 0 aromatic heterocycles. The zero-order valence-corrected chi connectivity index (χ0v) is 14.9. The highest BCUT2D eigenvalue weighted by Gasteiger charge is 2.19. The topological polar surface area (TPSA) is 29.5 Å². The van der Waals surface area contributed by atoms with E-state index < -0.39 is 0 Å². The average Bonchev–Trinajstić information content (AvgIpc) is 2.58. The molecular weight excluding hydrogens is 286 g/mol. The number of benzene rings is 1. The van der Waals surface area contributed by atoms with Crippen LogP contribution in [0.25, 0.3) is 0 Å². The number of unbranched alkanes of at least 4 members (excludes halogenated alkanes) is 4. The van der Waals surface area contributed by atoms with Crippen molar-refractivity contribution in [3.63, 3.8) is 0 Å². The molecule has 3 nitrogen and oxygen atoms in total. The van der Waals surface area contributed by atoms with Crippen molar-refractivity contribution in [1.82, 2.24) is 4.90 Å². The smallest absolute Gasteiger partial charge is 0.223 e. The maximum absolute atomic E-state index is 12.6. The van der Waals surface area contributed by atoms with E-state index in [4.69, 9.17) is 4.74 Å². The molecule has 3 heteroatoms. The predicted molar refractivity (Wildman–Crippen MR) is 96.7 cm³/mol. The molecule has 0 bridgehead atoms. The molecule has 1 aromatic rings. The molecule has 0 spiro atoms. The number of amides is 1. The van der Waals surface area contributed by atoms with Gasteiger partial charge in [-0.1, -0.05) is 50.8 Å². The lowest BCUT2D eigenvalue weighted by Crippen LogP contribution is -2.33. The van der Waals surface area contributed by atoms with Crippen molar-refractivity contribution in [2.24, 2.45) is 0 Å². The summed E-state index contributed by atoms with van der Waals surface area (Å²) in [6.45, 7) is 8.65. The Morgan fingerprint density at radius 1 is 1.22 bits per heavy atom. The standard InChI is InChI=1S/C20H31NO2/c1-5-7-8-9-10-11-20(22)21(16-6-2)17(3)18-12-14-19(23-4)15-13-18/h6,12-15,17H,2,5,7-11,16H2,1,3-4H3/t17-/m1/s1. The second-order valence-electron chi connectivity index (χ2n) is 5.95. The number of carbonyl (C=O) groups is 1. The van der Waals surface area contributed by atoms with E-state index >= 15 is 0 Å². The zero-order valence-electron chi connectivity index (χ0n) is 14.9. The quantitative estimate of drug-likeness (QED) is 0.418. The Kier molecular flexibility index (Phi) is 9.11. The van der Waals surface area contributed by atoms with Crippen LogP contribution in [0.15, 0.2) is 36.9 Å². The van der Waals surface area contributed by atoms with Crippen LogP contribution >= 0.6 is 0 Å². The van der Waals surface area contributed by atoms with Crippen LogP contribution in [0.3, 0.4) is 0 Å². The lowest BCUT2D eigenvalue weighted by Gasteiger charge is -2.29. The lowest BCUT2D eigenvalue weighted by atomic mass is 10.0. The summed E-state index contributed by atoms with van der Waals surface area (Å²) in [5.41, 5.74) is 1.12. The van der Waals surface area contributed by atoms with Crippen molar-refractivity contribution in [2.45, 2.75) is 58.4 Å². The van der Waals surface area contributed by atoms with Gasteiger partial charge in [0.1, 0.15) is 5.75 Å². The predicted octanol–water partition coefficient (Wildman–Crippen LogP) is 5.13. The Labute approximate surface area is 141 Å². The van der Waals surface area contributed by atoms with Crippen molar-refractivity contribution >= 4 is 5.91 Å². The third-order valence-corrected chi connectivity index (χ3v) is 4.21. The van der Waals surface area contributed by atoms with Gasteiger partial charge in [-0.2, -0.15) is 0 Å². The molecule has 0 N–H and O–H groups in total. The van der Waals surface area contributed by atoms with Crippen molar-refractivity contribution in [2.75, 3.05) is 13.7 Å². The van der Waals surface area contributed by atoms with Gasteiger partial charge in [-0.25, -0.2) is 0 Å². The van der Waals surface area contributed by atoms with E-state index in [2.05, 4.69) is 20.4 Å². The minimum Gasteiger partial charge on any atom is -0.497 e. The van der Waals surface area contributed by atoms with E-state index in [1.807, 2.05) is 29.2 Å². The molecule has 1 atom stereocenters. The zero-order chi connectivity index (χ0) is 17.1. The van der Waals surface area contributed by atoms with Gasteiger partial charge in [-0.15, -0.1) is 6.58 Å². The highest BCUT2D eigenvalue weighted by molar-refractivity contribution is 5.76. The first-order chi connectivity index (χ1) is 11.1. The summed E-state index contributed by atoms with van der Waals surface area (Å²) >= 11 is 0. The first kappa shape index (κ1) is 19.3. The van der Waals surface area contributed by atoms with Gasteiger partial charge >= 0.3 is 0 Å². The Balaban J connectivity index is 2.63. The van der Waals surface area contributed by atoms with E-state index in [0.29, 0.717) is 13.0 Å². The van der Waals surface area contributed by atoms with E-state index in [1.165, 1.54) is 19.3 Å². The van der Waals surface area contributed by atoms with Crippen LogP contribution in [0.2, 0.25) is 0 Å². The molecule has 0 unspecified atom stereocenters. The highest BCUT2D eigenvalue weighted by atomic mass is 16.5. The number of nitrogens with zero attached hydrogens (tertiary/aromatic N) is 1. The Morgan fingerprint density at radius 3 is 2.43 bits per heavy atom. The van der Waals surface area contributed by atoms with Gasteiger partial charge in [0.15, 0.2) is 0 Å². The largest absolute Gasteiger partial charge is 0.497 e. The molecule has 0 aliphatic carbocycles. The molecular formula is C20H31NO2. The Bertz CT molecular complexity index is 467. The average molecular weight is 317 g/mol. The van der Waals surface area contributed by atoms with Gasteiger partial charge in [0.2, 0.25) is 5.91 Å². The van der Waals surface area contributed by atoms with Crippen molar-refractivity contribution in [1.29, 1.82) is 0 Å². The molecule has 0 heterocycles. The first-order valence-electron chi connectivity index (χ1n) is 8.68. The molecule has 0 aliphatic rings. The number of hydrogen-bond acceptors (Lipinski definition) is 2. The fourth-order valence-corrected chi connectivity index (χ4v) is 2.70. The lowest BCUT2D eigenvalue weighted by molar-refractivity contribution is -0.132. The number of carbonyl (C=O) groups excluding carboxylic acids is 1. The summed E-state index contributed by atoms with van der Waals surface area (Å²) in [5.74, 6) is 1.04. The van der Waals surface area contributed by atoms with Crippen molar-refractivity contribution < 1.29 is 9.53 Å². The van der Waals surface area contributed by atoms with Crippen molar-refractivity contribution in [3.05, 3.63) is 42.5 Å². The molecule has 0 radical (unpaired) electrons. The van der Waals surface area contributed by atoms with Crippen molar-refractivity contribution in [3.8, 4) is 5.75 Å². The summed E-state index contributed by atoms with van der Waals surface area (Å²) in [5, 5.41) is 0. The van der Waals surface area contributed by atoms with E-state index in [-0.39, 0.29) is 11.9 Å². The van der Waals surface area contributed by atoms with Crippen LogP contribution in [-0.4, -0.2) is 24.5 Å². The maximum Gasteiger partial charge on any atom is 0.223 e. The fourth-order valence-electron chi connectivity index (χ4n) is 2.70. The maximum atomic E-state index is 12.6. The van der Waals surface area contributed by atoms with Crippen LogP contribution in [0.5, 0.6) is 5.75 Å². The minimum absolute atomic E-state index is 0.0436. The number of hydrogen-bond donors (Lipinski definition) is 0. The van der Waals surface area contributed by atoms with E-state index in [0.717, 1.165) is 24.2 Å². The van der Waals surface area contributed by atoms with Crippen LogP contribution in [0.1, 0.15) is 64.0 Å². The first-order valence-corrected chi connectivity index (χ1v) is 8.68. The molecule has 23 heavy (non-hydrogen) atoms. The van der Waals surface area contributed by atoms with Crippen LogP contribution in [0.4, 0.5) is 0 Å². The molecule has 128 valence electrons. The molecule has 1 amide bonds. The third kappa shape index (κ3) is 6.47.